The van der Waals surface area contributed by atoms with Crippen LogP contribution in [0.25, 0.3) is 0 Å². The molecular formula is C16H28O2. The number of carbonyl (C=O) groups excluding carboxylic acids is 1. The van der Waals surface area contributed by atoms with Gasteiger partial charge in [-0.05, 0) is 32.6 Å². The summed E-state index contributed by atoms with van der Waals surface area (Å²) in [7, 11) is 0. The molecule has 0 aliphatic rings. The van der Waals surface area contributed by atoms with Crippen LogP contribution in [0.3, 0.4) is 0 Å². The molecule has 18 heavy (non-hydrogen) atoms. The highest BCUT2D eigenvalue weighted by molar-refractivity contribution is 5.81. The summed E-state index contributed by atoms with van der Waals surface area (Å²) in [6, 6.07) is 0. The van der Waals surface area contributed by atoms with Crippen molar-refractivity contribution in [1.82, 2.24) is 0 Å². The Balaban J connectivity index is 3.16. The molecule has 2 heteroatoms. The van der Waals surface area contributed by atoms with E-state index in [2.05, 4.69) is 6.58 Å². The molecule has 0 aromatic rings. The second-order valence-corrected chi connectivity index (χ2v) is 4.50. The highest BCUT2D eigenvalue weighted by Crippen LogP contribution is 2.10. The van der Waals surface area contributed by atoms with Gasteiger partial charge in [0.2, 0.25) is 0 Å². The molecule has 0 aromatic carbocycles. The molecule has 2 nitrogen and oxygen atoms in total. The lowest BCUT2D eigenvalue weighted by molar-refractivity contribution is -0.137. The van der Waals surface area contributed by atoms with Crippen molar-refractivity contribution in [3.8, 4) is 0 Å². The molecular weight excluding hydrogens is 224 g/mol. The number of hydrogen-bond acceptors (Lipinski definition) is 2. The standard InChI is InChI=1S/C16H28O2/c1-3-5-6-7-8-9-10-11-12-13-14-15-16(17)18-4-2/h3,14-15H,1,4-13H2,2H3/b15-14+. The predicted octanol–water partition coefficient (Wildman–Crippen LogP) is 4.80. The van der Waals surface area contributed by atoms with Gasteiger partial charge in [0.15, 0.2) is 0 Å². The third-order valence-electron chi connectivity index (χ3n) is 2.82. The molecule has 104 valence electrons. The summed E-state index contributed by atoms with van der Waals surface area (Å²) in [6.07, 6.45) is 16.6. The lowest BCUT2D eigenvalue weighted by Crippen LogP contribution is -1.98. The largest absolute Gasteiger partial charge is 0.463 e. The van der Waals surface area contributed by atoms with Gasteiger partial charge in [0.1, 0.15) is 0 Å². The Morgan fingerprint density at radius 2 is 1.56 bits per heavy atom. The van der Waals surface area contributed by atoms with E-state index in [4.69, 9.17) is 4.74 Å². The van der Waals surface area contributed by atoms with Crippen LogP contribution >= 0.6 is 0 Å². The zero-order valence-electron chi connectivity index (χ0n) is 11.8. The van der Waals surface area contributed by atoms with Crippen LogP contribution in [-0.2, 0) is 9.53 Å². The highest BCUT2D eigenvalue weighted by atomic mass is 16.5. The first-order chi connectivity index (χ1) is 8.81. The zero-order chi connectivity index (χ0) is 13.5. The van der Waals surface area contributed by atoms with Gasteiger partial charge in [-0.3, -0.25) is 0 Å². The SMILES string of the molecule is C=CCCCCCCCCC/C=C/C(=O)OCC. The predicted molar refractivity (Wildman–Crippen MR) is 77.5 cm³/mol. The molecule has 0 spiro atoms. The molecule has 0 amide bonds. The molecule has 0 unspecified atom stereocenters. The van der Waals surface area contributed by atoms with Crippen molar-refractivity contribution < 1.29 is 9.53 Å². The maximum Gasteiger partial charge on any atom is 0.330 e. The third-order valence-corrected chi connectivity index (χ3v) is 2.82. The maximum absolute atomic E-state index is 11.0. The van der Waals surface area contributed by atoms with E-state index in [1.165, 1.54) is 44.9 Å². The molecule has 0 saturated heterocycles. The highest BCUT2D eigenvalue weighted by Gasteiger charge is 1.93. The smallest absolute Gasteiger partial charge is 0.330 e. The first kappa shape index (κ1) is 16.9. The lowest BCUT2D eigenvalue weighted by atomic mass is 10.1. The summed E-state index contributed by atoms with van der Waals surface area (Å²) in [6.45, 7) is 5.99. The minimum absolute atomic E-state index is 0.222. The summed E-state index contributed by atoms with van der Waals surface area (Å²) in [5.41, 5.74) is 0. The van der Waals surface area contributed by atoms with Crippen molar-refractivity contribution in [1.29, 1.82) is 0 Å². The second-order valence-electron chi connectivity index (χ2n) is 4.50. The van der Waals surface area contributed by atoms with Crippen LogP contribution < -0.4 is 0 Å². The van der Waals surface area contributed by atoms with Gasteiger partial charge in [-0.2, -0.15) is 0 Å². The number of unbranched alkanes of at least 4 members (excludes halogenated alkanes) is 8. The first-order valence-corrected chi connectivity index (χ1v) is 7.25. The average molecular weight is 252 g/mol. The Labute approximate surface area is 112 Å². The molecule has 0 fully saturated rings. The quantitative estimate of drug-likeness (QED) is 0.216. The molecule has 0 saturated carbocycles. The Hall–Kier alpha value is -1.05. The van der Waals surface area contributed by atoms with E-state index in [0.717, 1.165) is 12.8 Å². The number of hydrogen-bond donors (Lipinski definition) is 0. The Kier molecular flexibility index (Phi) is 13.2. The van der Waals surface area contributed by atoms with Gasteiger partial charge in [0.25, 0.3) is 0 Å². The van der Waals surface area contributed by atoms with Crippen molar-refractivity contribution in [3.05, 3.63) is 24.8 Å². The normalized spacial score (nSPS) is 10.7. The minimum Gasteiger partial charge on any atom is -0.463 e. The first-order valence-electron chi connectivity index (χ1n) is 7.25. The van der Waals surface area contributed by atoms with Crippen LogP contribution in [0.5, 0.6) is 0 Å². The molecule has 0 aliphatic carbocycles. The summed E-state index contributed by atoms with van der Waals surface area (Å²) in [5.74, 6) is -0.222. The van der Waals surface area contributed by atoms with Crippen LogP contribution in [0, 0.1) is 0 Å². The van der Waals surface area contributed by atoms with Gasteiger partial charge in [0.05, 0.1) is 6.61 Å². The van der Waals surface area contributed by atoms with Gasteiger partial charge >= 0.3 is 5.97 Å². The second kappa shape index (κ2) is 14.0. The average Bonchev–Trinajstić information content (AvgIpc) is 2.36. The third kappa shape index (κ3) is 13.0. The molecule has 0 rings (SSSR count). The topological polar surface area (TPSA) is 26.3 Å². The van der Waals surface area contributed by atoms with Crippen LogP contribution in [0.15, 0.2) is 24.8 Å². The van der Waals surface area contributed by atoms with Gasteiger partial charge in [-0.1, -0.05) is 44.3 Å². The molecule has 0 radical (unpaired) electrons. The van der Waals surface area contributed by atoms with E-state index in [-0.39, 0.29) is 5.97 Å². The van der Waals surface area contributed by atoms with Crippen LogP contribution in [-0.4, -0.2) is 12.6 Å². The fraction of sp³-hybridized carbons (Fsp3) is 0.688. The monoisotopic (exact) mass is 252 g/mol. The minimum atomic E-state index is -0.222. The van der Waals surface area contributed by atoms with Crippen LogP contribution in [0.4, 0.5) is 0 Å². The summed E-state index contributed by atoms with van der Waals surface area (Å²) in [5, 5.41) is 0. The number of allylic oxidation sites excluding steroid dienone is 2. The molecule has 0 heterocycles. The van der Waals surface area contributed by atoms with E-state index in [0.29, 0.717) is 6.61 Å². The number of ether oxygens (including phenoxy) is 1. The molecule has 0 aromatic heterocycles. The van der Waals surface area contributed by atoms with E-state index < -0.39 is 0 Å². The number of carbonyl (C=O) groups is 1. The van der Waals surface area contributed by atoms with Crippen molar-refractivity contribution in [2.45, 2.75) is 64.7 Å². The van der Waals surface area contributed by atoms with Crippen molar-refractivity contribution >= 4 is 5.97 Å². The van der Waals surface area contributed by atoms with Gasteiger partial charge < -0.3 is 4.74 Å². The Bertz CT molecular complexity index is 231. The summed E-state index contributed by atoms with van der Waals surface area (Å²) >= 11 is 0. The van der Waals surface area contributed by atoms with Gasteiger partial charge in [-0.25, -0.2) is 4.79 Å². The van der Waals surface area contributed by atoms with Crippen molar-refractivity contribution in [3.63, 3.8) is 0 Å². The molecule has 0 N–H and O–H groups in total. The molecule has 0 bridgehead atoms. The van der Waals surface area contributed by atoms with Crippen LogP contribution in [0.1, 0.15) is 64.7 Å². The van der Waals surface area contributed by atoms with E-state index in [9.17, 15) is 4.79 Å². The van der Waals surface area contributed by atoms with E-state index >= 15 is 0 Å². The Morgan fingerprint density at radius 1 is 1.00 bits per heavy atom. The van der Waals surface area contributed by atoms with E-state index in [1.807, 2.05) is 19.1 Å². The van der Waals surface area contributed by atoms with E-state index in [1.54, 1.807) is 6.08 Å². The number of rotatable bonds is 12. The lowest BCUT2D eigenvalue weighted by Gasteiger charge is -2.00. The molecule has 0 aliphatic heterocycles. The fourth-order valence-corrected chi connectivity index (χ4v) is 1.80. The van der Waals surface area contributed by atoms with Crippen LogP contribution in [0.2, 0.25) is 0 Å². The van der Waals surface area contributed by atoms with Gasteiger partial charge in [-0.15, -0.1) is 6.58 Å². The summed E-state index contributed by atoms with van der Waals surface area (Å²) < 4.78 is 4.80. The number of esters is 1. The maximum atomic E-state index is 11.0. The van der Waals surface area contributed by atoms with Crippen molar-refractivity contribution in [2.24, 2.45) is 0 Å². The van der Waals surface area contributed by atoms with Crippen molar-refractivity contribution in [2.75, 3.05) is 6.61 Å². The Morgan fingerprint density at radius 3 is 2.11 bits per heavy atom. The fourth-order valence-electron chi connectivity index (χ4n) is 1.80. The molecule has 0 atom stereocenters. The zero-order valence-corrected chi connectivity index (χ0v) is 11.8. The summed E-state index contributed by atoms with van der Waals surface area (Å²) in [4.78, 5) is 11.0. The van der Waals surface area contributed by atoms with Gasteiger partial charge in [0, 0.05) is 6.08 Å².